The summed E-state index contributed by atoms with van der Waals surface area (Å²) in [5.74, 6) is 0. The van der Waals surface area contributed by atoms with Crippen molar-refractivity contribution in [3.63, 3.8) is 0 Å². The molecule has 1 aliphatic carbocycles. The van der Waals surface area contributed by atoms with E-state index in [0.29, 0.717) is 0 Å². The molecule has 15 heavy (non-hydrogen) atoms. The van der Waals surface area contributed by atoms with Crippen molar-refractivity contribution in [2.75, 3.05) is 19.6 Å². The lowest BCUT2D eigenvalue weighted by atomic mass is 9.86. The van der Waals surface area contributed by atoms with Crippen molar-refractivity contribution in [3.8, 4) is 0 Å². The molecule has 2 rings (SSSR count). The van der Waals surface area contributed by atoms with Crippen LogP contribution in [0.15, 0.2) is 0 Å². The fourth-order valence-corrected chi connectivity index (χ4v) is 3.00. The third-order valence-corrected chi connectivity index (χ3v) is 3.98. The Hall–Kier alpha value is -0.120. The van der Waals surface area contributed by atoms with E-state index >= 15 is 0 Å². The van der Waals surface area contributed by atoms with Gasteiger partial charge in [-0.3, -0.25) is 0 Å². The van der Waals surface area contributed by atoms with Gasteiger partial charge in [0.2, 0.25) is 0 Å². The maximum atomic E-state index is 5.95. The maximum absolute atomic E-state index is 5.95. The minimum Gasteiger partial charge on any atom is -0.329 e. The highest BCUT2D eigenvalue weighted by atomic mass is 15.1. The Kier molecular flexibility index (Phi) is 4.00. The molecule has 88 valence electrons. The van der Waals surface area contributed by atoms with Crippen molar-refractivity contribution in [2.24, 2.45) is 5.73 Å². The lowest BCUT2D eigenvalue weighted by molar-refractivity contribution is 0.206. The van der Waals surface area contributed by atoms with E-state index in [-0.39, 0.29) is 5.54 Å². The van der Waals surface area contributed by atoms with Gasteiger partial charge in [0.1, 0.15) is 0 Å². The quantitative estimate of drug-likeness (QED) is 0.652. The van der Waals surface area contributed by atoms with E-state index in [1.807, 2.05) is 0 Å². The van der Waals surface area contributed by atoms with Crippen LogP contribution in [0.1, 0.15) is 44.9 Å². The van der Waals surface area contributed by atoms with Gasteiger partial charge in [-0.05, 0) is 32.2 Å². The van der Waals surface area contributed by atoms with Gasteiger partial charge in [0.25, 0.3) is 0 Å². The molecule has 1 unspecified atom stereocenters. The van der Waals surface area contributed by atoms with Crippen LogP contribution in [-0.2, 0) is 0 Å². The molecule has 0 aromatic heterocycles. The molecule has 0 spiro atoms. The first-order chi connectivity index (χ1) is 7.35. The minimum atomic E-state index is 0.195. The normalized spacial score (nSPS) is 34.2. The molecule has 1 saturated carbocycles. The lowest BCUT2D eigenvalue weighted by Crippen LogP contribution is -2.62. The average Bonchev–Trinajstić information content (AvgIpc) is 2.32. The predicted octanol–water partition coefficient (Wildman–Crippen LogP) is 0.990. The van der Waals surface area contributed by atoms with E-state index in [1.54, 1.807) is 0 Å². The van der Waals surface area contributed by atoms with Crippen LogP contribution in [0.3, 0.4) is 0 Å². The third-order valence-electron chi connectivity index (χ3n) is 3.98. The highest BCUT2D eigenvalue weighted by Gasteiger charge is 2.32. The van der Waals surface area contributed by atoms with E-state index in [4.69, 9.17) is 5.73 Å². The van der Waals surface area contributed by atoms with Gasteiger partial charge in [0, 0.05) is 24.7 Å². The molecule has 3 nitrogen and oxygen atoms in total. The Morgan fingerprint density at radius 1 is 1.20 bits per heavy atom. The SMILES string of the molecule is NCC1(NC2CCCCC2)CCCNC1. The molecule has 0 radical (unpaired) electrons. The summed E-state index contributed by atoms with van der Waals surface area (Å²) >= 11 is 0. The number of piperidine rings is 1. The van der Waals surface area contributed by atoms with Gasteiger partial charge >= 0.3 is 0 Å². The van der Waals surface area contributed by atoms with Crippen molar-refractivity contribution in [3.05, 3.63) is 0 Å². The van der Waals surface area contributed by atoms with Crippen LogP contribution in [-0.4, -0.2) is 31.2 Å². The number of nitrogens with one attached hydrogen (secondary N) is 2. The van der Waals surface area contributed by atoms with Crippen molar-refractivity contribution >= 4 is 0 Å². The summed E-state index contributed by atoms with van der Waals surface area (Å²) in [4.78, 5) is 0. The number of nitrogens with two attached hydrogens (primary N) is 1. The zero-order valence-electron chi connectivity index (χ0n) is 9.73. The topological polar surface area (TPSA) is 50.1 Å². The van der Waals surface area contributed by atoms with Crippen molar-refractivity contribution < 1.29 is 0 Å². The molecular formula is C12H25N3. The van der Waals surface area contributed by atoms with Gasteiger partial charge in [0.15, 0.2) is 0 Å². The number of rotatable bonds is 3. The van der Waals surface area contributed by atoms with E-state index in [0.717, 1.165) is 25.7 Å². The van der Waals surface area contributed by atoms with Gasteiger partial charge in [0.05, 0.1) is 0 Å². The summed E-state index contributed by atoms with van der Waals surface area (Å²) in [5, 5.41) is 7.31. The minimum absolute atomic E-state index is 0.195. The Balaban J connectivity index is 1.87. The van der Waals surface area contributed by atoms with Gasteiger partial charge in [-0.25, -0.2) is 0 Å². The van der Waals surface area contributed by atoms with Crippen molar-refractivity contribution in [1.29, 1.82) is 0 Å². The summed E-state index contributed by atoms with van der Waals surface area (Å²) in [7, 11) is 0. The molecule has 2 fully saturated rings. The van der Waals surface area contributed by atoms with E-state index in [2.05, 4.69) is 10.6 Å². The number of hydrogen-bond donors (Lipinski definition) is 3. The molecule has 1 aliphatic heterocycles. The van der Waals surface area contributed by atoms with Crippen LogP contribution in [0, 0.1) is 0 Å². The van der Waals surface area contributed by atoms with Gasteiger partial charge in [-0.1, -0.05) is 19.3 Å². The van der Waals surface area contributed by atoms with Crippen LogP contribution in [0.4, 0.5) is 0 Å². The number of hydrogen-bond acceptors (Lipinski definition) is 3. The van der Waals surface area contributed by atoms with Gasteiger partial charge in [-0.15, -0.1) is 0 Å². The summed E-state index contributed by atoms with van der Waals surface area (Å²) < 4.78 is 0. The first-order valence-corrected chi connectivity index (χ1v) is 6.53. The third kappa shape index (κ3) is 2.92. The molecule has 0 aromatic rings. The first-order valence-electron chi connectivity index (χ1n) is 6.53. The van der Waals surface area contributed by atoms with Crippen molar-refractivity contribution in [1.82, 2.24) is 10.6 Å². The highest BCUT2D eigenvalue weighted by Crippen LogP contribution is 2.22. The Morgan fingerprint density at radius 2 is 2.00 bits per heavy atom. The molecule has 1 heterocycles. The largest absolute Gasteiger partial charge is 0.329 e. The molecule has 1 saturated heterocycles. The van der Waals surface area contributed by atoms with Crippen LogP contribution in [0.5, 0.6) is 0 Å². The molecule has 1 atom stereocenters. The fourth-order valence-electron chi connectivity index (χ4n) is 3.00. The lowest BCUT2D eigenvalue weighted by Gasteiger charge is -2.41. The molecule has 4 N–H and O–H groups in total. The second-order valence-corrected chi connectivity index (χ2v) is 5.24. The van der Waals surface area contributed by atoms with E-state index in [9.17, 15) is 0 Å². The fraction of sp³-hybridized carbons (Fsp3) is 1.00. The predicted molar refractivity (Wildman–Crippen MR) is 63.9 cm³/mol. The van der Waals surface area contributed by atoms with Crippen LogP contribution >= 0.6 is 0 Å². The summed E-state index contributed by atoms with van der Waals surface area (Å²) in [6, 6.07) is 0.724. The molecule has 0 bridgehead atoms. The molecule has 0 aromatic carbocycles. The van der Waals surface area contributed by atoms with Crippen LogP contribution < -0.4 is 16.4 Å². The van der Waals surface area contributed by atoms with Crippen LogP contribution in [0.2, 0.25) is 0 Å². The van der Waals surface area contributed by atoms with Gasteiger partial charge < -0.3 is 16.4 Å². The molecule has 2 aliphatic rings. The van der Waals surface area contributed by atoms with E-state index < -0.39 is 0 Å². The first kappa shape index (κ1) is 11.4. The molecular weight excluding hydrogens is 186 g/mol. The van der Waals surface area contributed by atoms with Crippen molar-refractivity contribution in [2.45, 2.75) is 56.5 Å². The Labute approximate surface area is 93.2 Å². The zero-order valence-corrected chi connectivity index (χ0v) is 9.73. The van der Waals surface area contributed by atoms with E-state index in [1.165, 1.54) is 44.9 Å². The zero-order chi connectivity index (χ0) is 10.6. The maximum Gasteiger partial charge on any atom is 0.0432 e. The smallest absolute Gasteiger partial charge is 0.0432 e. The monoisotopic (exact) mass is 211 g/mol. The summed E-state index contributed by atoms with van der Waals surface area (Å²) in [6.07, 6.45) is 9.41. The molecule has 3 heteroatoms. The molecule has 0 amide bonds. The average molecular weight is 211 g/mol. The van der Waals surface area contributed by atoms with Gasteiger partial charge in [-0.2, -0.15) is 0 Å². The summed E-state index contributed by atoms with van der Waals surface area (Å²) in [6.45, 7) is 2.99. The second-order valence-electron chi connectivity index (χ2n) is 5.24. The highest BCUT2D eigenvalue weighted by molar-refractivity contribution is 4.96. The Bertz CT molecular complexity index is 181. The Morgan fingerprint density at radius 3 is 2.60 bits per heavy atom. The van der Waals surface area contributed by atoms with Crippen LogP contribution in [0.25, 0.3) is 0 Å². The summed E-state index contributed by atoms with van der Waals surface area (Å²) in [5.41, 5.74) is 6.15. The second kappa shape index (κ2) is 5.28. The standard InChI is InChI=1S/C12H25N3/c13-9-12(7-4-8-14-10-12)15-11-5-2-1-3-6-11/h11,14-15H,1-10,13H2.